The number of rotatable bonds is 5. The van der Waals surface area contributed by atoms with Gasteiger partial charge >= 0.3 is 0 Å². The maximum Gasteiger partial charge on any atom is 0.142 e. The van der Waals surface area contributed by atoms with E-state index >= 15 is 0 Å². The van der Waals surface area contributed by atoms with Crippen LogP contribution in [0.3, 0.4) is 0 Å². The monoisotopic (exact) mass is 382 g/mol. The predicted octanol–water partition coefficient (Wildman–Crippen LogP) is 3.19. The van der Waals surface area contributed by atoms with Crippen LogP contribution in [0.5, 0.6) is 0 Å². The Hall–Kier alpha value is -2.15. The summed E-state index contributed by atoms with van der Waals surface area (Å²) in [4.78, 5) is 10.7. The largest absolute Gasteiger partial charge is 0.380 e. The molecule has 0 unspecified atom stereocenters. The second-order valence-electron chi connectivity index (χ2n) is 7.15. The normalized spacial score (nSPS) is 16.6. The van der Waals surface area contributed by atoms with E-state index in [9.17, 15) is 5.11 Å². The summed E-state index contributed by atoms with van der Waals surface area (Å²) in [7, 11) is 1.92. The van der Waals surface area contributed by atoms with Gasteiger partial charge in [0.2, 0.25) is 0 Å². The van der Waals surface area contributed by atoms with Crippen LogP contribution >= 0.6 is 11.3 Å². The molecule has 142 valence electrons. The summed E-state index contributed by atoms with van der Waals surface area (Å²) in [6.45, 7) is 7.23. The molecule has 1 aromatic carbocycles. The Bertz CT molecular complexity index is 895. The molecule has 2 aromatic heterocycles. The van der Waals surface area contributed by atoms with Crippen molar-refractivity contribution in [3.05, 3.63) is 69.9 Å². The number of thiophene rings is 1. The average molecular weight is 383 g/mol. The van der Waals surface area contributed by atoms with E-state index in [1.54, 1.807) is 6.20 Å². The predicted molar refractivity (Wildman–Crippen MR) is 110 cm³/mol. The zero-order valence-electron chi connectivity index (χ0n) is 15.9. The van der Waals surface area contributed by atoms with Crippen molar-refractivity contribution in [1.29, 1.82) is 0 Å². The zero-order valence-corrected chi connectivity index (χ0v) is 16.7. The number of benzene rings is 1. The van der Waals surface area contributed by atoms with Crippen LogP contribution in [0, 0.1) is 6.92 Å². The molecule has 6 heteroatoms. The van der Waals surface area contributed by atoms with Crippen LogP contribution in [0.15, 0.2) is 48.1 Å². The number of piperazine rings is 1. The summed E-state index contributed by atoms with van der Waals surface area (Å²) in [5, 5.41) is 13.1. The lowest BCUT2D eigenvalue weighted by molar-refractivity contribution is 0.205. The Morgan fingerprint density at radius 3 is 2.59 bits per heavy atom. The van der Waals surface area contributed by atoms with Gasteiger partial charge in [0.15, 0.2) is 0 Å². The SMILES string of the molecule is Cc1ccsc1CN1CCN(c2ccccc2[C@H](O)c2nccn2C)CC1. The minimum Gasteiger partial charge on any atom is -0.380 e. The molecular weight excluding hydrogens is 356 g/mol. The number of para-hydroxylation sites is 1. The Morgan fingerprint density at radius 2 is 1.93 bits per heavy atom. The van der Waals surface area contributed by atoms with Gasteiger partial charge in [-0.3, -0.25) is 4.90 Å². The summed E-state index contributed by atoms with van der Waals surface area (Å²) in [6, 6.07) is 10.4. The van der Waals surface area contributed by atoms with E-state index in [0.29, 0.717) is 5.82 Å². The van der Waals surface area contributed by atoms with Crippen molar-refractivity contribution in [2.45, 2.75) is 19.6 Å². The first-order chi connectivity index (χ1) is 13.1. The molecule has 4 rings (SSSR count). The maximum atomic E-state index is 10.9. The molecule has 1 aliphatic heterocycles. The molecule has 0 bridgehead atoms. The molecule has 5 nitrogen and oxygen atoms in total. The third-order valence-corrected chi connectivity index (χ3v) is 6.39. The molecule has 1 fully saturated rings. The Kier molecular flexibility index (Phi) is 5.29. The quantitative estimate of drug-likeness (QED) is 0.736. The van der Waals surface area contributed by atoms with Crippen molar-refractivity contribution < 1.29 is 5.11 Å². The second kappa shape index (κ2) is 7.84. The highest BCUT2D eigenvalue weighted by Gasteiger charge is 2.24. The molecule has 1 aliphatic rings. The molecule has 1 N–H and O–H groups in total. The number of aryl methyl sites for hydroxylation is 2. The smallest absolute Gasteiger partial charge is 0.142 e. The molecule has 1 saturated heterocycles. The molecule has 0 amide bonds. The summed E-state index contributed by atoms with van der Waals surface area (Å²) in [6.07, 6.45) is 2.88. The Morgan fingerprint density at radius 1 is 1.15 bits per heavy atom. The third kappa shape index (κ3) is 3.78. The van der Waals surface area contributed by atoms with Crippen LogP contribution < -0.4 is 4.90 Å². The first kappa shape index (κ1) is 18.2. The number of hydrogen-bond acceptors (Lipinski definition) is 5. The van der Waals surface area contributed by atoms with E-state index in [1.807, 2.05) is 47.3 Å². The standard InChI is InChI=1S/C21H26N4OS/c1-16-7-14-27-19(16)15-24-10-12-25(13-11-24)18-6-4-3-5-17(18)20(26)21-22-8-9-23(21)2/h3-9,14,20,26H,10-13,15H2,1-2H3/t20-/m0/s1. The van der Waals surface area contributed by atoms with Gasteiger partial charge in [0.05, 0.1) is 0 Å². The van der Waals surface area contributed by atoms with Crippen molar-refractivity contribution in [2.75, 3.05) is 31.1 Å². The van der Waals surface area contributed by atoms with Gasteiger partial charge in [-0.25, -0.2) is 4.98 Å². The van der Waals surface area contributed by atoms with Crippen molar-refractivity contribution in [3.63, 3.8) is 0 Å². The highest BCUT2D eigenvalue weighted by molar-refractivity contribution is 7.10. The first-order valence-corrected chi connectivity index (χ1v) is 10.3. The summed E-state index contributed by atoms with van der Waals surface area (Å²) in [5.41, 5.74) is 3.43. The van der Waals surface area contributed by atoms with Gasteiger partial charge in [-0.05, 0) is 30.0 Å². The maximum absolute atomic E-state index is 10.9. The zero-order chi connectivity index (χ0) is 18.8. The number of anilines is 1. The van der Waals surface area contributed by atoms with E-state index in [2.05, 4.69) is 39.2 Å². The Labute approximate surface area is 164 Å². The topological polar surface area (TPSA) is 44.5 Å². The lowest BCUT2D eigenvalue weighted by Crippen LogP contribution is -2.46. The molecule has 3 heterocycles. The Balaban J connectivity index is 1.47. The van der Waals surface area contributed by atoms with Crippen LogP contribution in [0.4, 0.5) is 5.69 Å². The molecule has 3 aromatic rings. The number of hydrogen-bond donors (Lipinski definition) is 1. The van der Waals surface area contributed by atoms with Crippen molar-refractivity contribution in [3.8, 4) is 0 Å². The number of imidazole rings is 1. The molecule has 0 aliphatic carbocycles. The number of nitrogens with zero attached hydrogens (tertiary/aromatic N) is 4. The molecule has 1 atom stereocenters. The second-order valence-corrected chi connectivity index (χ2v) is 8.15. The lowest BCUT2D eigenvalue weighted by atomic mass is 10.0. The summed E-state index contributed by atoms with van der Waals surface area (Å²) >= 11 is 1.85. The number of aliphatic hydroxyl groups excluding tert-OH is 1. The van der Waals surface area contributed by atoms with Gasteiger partial charge in [-0.1, -0.05) is 18.2 Å². The summed E-state index contributed by atoms with van der Waals surface area (Å²) in [5.74, 6) is 0.675. The average Bonchev–Trinajstić information content (AvgIpc) is 3.30. The van der Waals surface area contributed by atoms with Crippen LogP contribution in [-0.4, -0.2) is 45.7 Å². The fourth-order valence-corrected chi connectivity index (χ4v) is 4.65. The van der Waals surface area contributed by atoms with Crippen molar-refractivity contribution in [2.24, 2.45) is 7.05 Å². The van der Waals surface area contributed by atoms with Crippen molar-refractivity contribution >= 4 is 17.0 Å². The van der Waals surface area contributed by atoms with Gasteiger partial charge in [0, 0.05) is 68.3 Å². The summed E-state index contributed by atoms with van der Waals surface area (Å²) < 4.78 is 1.88. The molecule has 0 radical (unpaired) electrons. The van der Waals surface area contributed by atoms with E-state index in [1.165, 1.54) is 10.4 Å². The molecular formula is C21H26N4OS. The van der Waals surface area contributed by atoms with Crippen LogP contribution in [0.25, 0.3) is 0 Å². The van der Waals surface area contributed by atoms with Gasteiger partial charge < -0.3 is 14.6 Å². The first-order valence-electron chi connectivity index (χ1n) is 9.38. The third-order valence-electron chi connectivity index (χ3n) is 5.38. The van der Waals surface area contributed by atoms with Crippen LogP contribution in [0.2, 0.25) is 0 Å². The van der Waals surface area contributed by atoms with Gasteiger partial charge in [-0.15, -0.1) is 11.3 Å². The van der Waals surface area contributed by atoms with Gasteiger partial charge in [0.25, 0.3) is 0 Å². The minimum atomic E-state index is -0.715. The molecule has 0 saturated carbocycles. The van der Waals surface area contributed by atoms with Gasteiger partial charge in [0.1, 0.15) is 11.9 Å². The molecule has 0 spiro atoms. The van der Waals surface area contributed by atoms with E-state index in [-0.39, 0.29) is 0 Å². The highest BCUT2D eigenvalue weighted by atomic mass is 32.1. The highest BCUT2D eigenvalue weighted by Crippen LogP contribution is 2.31. The van der Waals surface area contributed by atoms with Gasteiger partial charge in [-0.2, -0.15) is 0 Å². The van der Waals surface area contributed by atoms with Crippen LogP contribution in [-0.2, 0) is 13.6 Å². The lowest BCUT2D eigenvalue weighted by Gasteiger charge is -2.37. The van der Waals surface area contributed by atoms with Crippen molar-refractivity contribution in [1.82, 2.24) is 14.5 Å². The number of aliphatic hydroxyl groups is 1. The van der Waals surface area contributed by atoms with E-state index < -0.39 is 6.10 Å². The van der Waals surface area contributed by atoms with E-state index in [0.717, 1.165) is 44.0 Å². The van der Waals surface area contributed by atoms with E-state index in [4.69, 9.17) is 0 Å². The fourth-order valence-electron chi connectivity index (χ4n) is 3.70. The fraction of sp³-hybridized carbons (Fsp3) is 0.381. The molecule has 27 heavy (non-hydrogen) atoms. The van der Waals surface area contributed by atoms with Crippen LogP contribution in [0.1, 0.15) is 27.9 Å². The minimum absolute atomic E-state index is 0.675. The number of aromatic nitrogens is 2.